The standard InChI is InChI=1S/C11H19N3O3S/c1-4-14(5-6-16-2)11-8(17-3)7(12)9(18-11)10(13)15/h4-6,12H2,1-3H3,(H2,13,15). The van der Waals surface area contributed by atoms with Gasteiger partial charge in [0.25, 0.3) is 5.91 Å². The van der Waals surface area contributed by atoms with E-state index in [2.05, 4.69) is 0 Å². The number of thiophene rings is 1. The molecular formula is C11H19N3O3S. The number of nitrogen functional groups attached to an aromatic ring is 1. The van der Waals surface area contributed by atoms with Crippen molar-refractivity contribution in [2.75, 3.05) is 44.5 Å². The van der Waals surface area contributed by atoms with Crippen molar-refractivity contribution < 1.29 is 14.3 Å². The molecule has 0 aliphatic rings. The topological polar surface area (TPSA) is 90.8 Å². The zero-order valence-corrected chi connectivity index (χ0v) is 11.7. The third-order valence-corrected chi connectivity index (χ3v) is 3.81. The van der Waals surface area contributed by atoms with Crippen LogP contribution in [0, 0.1) is 0 Å². The van der Waals surface area contributed by atoms with Crippen molar-refractivity contribution in [1.82, 2.24) is 0 Å². The van der Waals surface area contributed by atoms with E-state index < -0.39 is 5.91 Å². The number of hydrogen-bond acceptors (Lipinski definition) is 6. The lowest BCUT2D eigenvalue weighted by Gasteiger charge is -2.21. The van der Waals surface area contributed by atoms with E-state index >= 15 is 0 Å². The van der Waals surface area contributed by atoms with E-state index in [1.807, 2.05) is 11.8 Å². The first-order chi connectivity index (χ1) is 8.56. The zero-order valence-electron chi connectivity index (χ0n) is 10.9. The van der Waals surface area contributed by atoms with E-state index in [0.29, 0.717) is 29.5 Å². The molecule has 1 rings (SSSR count). The van der Waals surface area contributed by atoms with E-state index in [4.69, 9.17) is 20.9 Å². The Kier molecular flexibility index (Phi) is 5.24. The van der Waals surface area contributed by atoms with Crippen LogP contribution < -0.4 is 21.1 Å². The van der Waals surface area contributed by atoms with Gasteiger partial charge in [-0.25, -0.2) is 0 Å². The molecule has 0 fully saturated rings. The Morgan fingerprint density at radius 2 is 2.11 bits per heavy atom. The maximum atomic E-state index is 11.3. The SMILES string of the molecule is CCN(CCOC)c1sc(C(N)=O)c(N)c1OC. The van der Waals surface area contributed by atoms with Gasteiger partial charge >= 0.3 is 0 Å². The first-order valence-electron chi connectivity index (χ1n) is 5.56. The molecule has 0 atom stereocenters. The normalized spacial score (nSPS) is 10.4. The Bertz CT molecular complexity index is 420. The molecule has 0 aromatic carbocycles. The van der Waals surface area contributed by atoms with Gasteiger partial charge in [0, 0.05) is 20.2 Å². The van der Waals surface area contributed by atoms with Gasteiger partial charge in [-0.2, -0.15) is 0 Å². The molecule has 1 aromatic rings. The number of carbonyl (C=O) groups is 1. The fourth-order valence-corrected chi connectivity index (χ4v) is 2.74. The molecule has 6 nitrogen and oxygen atoms in total. The van der Waals surface area contributed by atoms with Gasteiger partial charge in [0.05, 0.1) is 13.7 Å². The highest BCUT2D eigenvalue weighted by Crippen LogP contribution is 2.44. The smallest absolute Gasteiger partial charge is 0.261 e. The highest BCUT2D eigenvalue weighted by atomic mass is 32.1. The first kappa shape index (κ1) is 14.6. The van der Waals surface area contributed by atoms with E-state index in [9.17, 15) is 4.79 Å². The molecule has 7 heteroatoms. The van der Waals surface area contributed by atoms with E-state index in [1.54, 1.807) is 7.11 Å². The van der Waals surface area contributed by atoms with Gasteiger partial charge in [0.1, 0.15) is 15.6 Å². The molecule has 0 saturated heterocycles. The summed E-state index contributed by atoms with van der Waals surface area (Å²) >= 11 is 1.25. The van der Waals surface area contributed by atoms with E-state index in [-0.39, 0.29) is 0 Å². The lowest BCUT2D eigenvalue weighted by molar-refractivity contribution is 0.100. The summed E-state index contributed by atoms with van der Waals surface area (Å²) in [5, 5.41) is 0.809. The third kappa shape index (κ3) is 2.85. The summed E-state index contributed by atoms with van der Waals surface area (Å²) in [7, 11) is 3.17. The number of likely N-dealkylation sites (N-methyl/N-ethyl adjacent to an activating group) is 1. The molecule has 0 spiro atoms. The zero-order chi connectivity index (χ0) is 13.7. The van der Waals surface area contributed by atoms with Gasteiger partial charge in [0.2, 0.25) is 0 Å². The summed E-state index contributed by atoms with van der Waals surface area (Å²) in [6.07, 6.45) is 0. The van der Waals surface area contributed by atoms with Crippen molar-refractivity contribution in [2.45, 2.75) is 6.92 Å². The van der Waals surface area contributed by atoms with Crippen LogP contribution in [0.25, 0.3) is 0 Å². The molecular weight excluding hydrogens is 254 g/mol. The number of primary amides is 1. The highest BCUT2D eigenvalue weighted by molar-refractivity contribution is 7.19. The van der Waals surface area contributed by atoms with Gasteiger partial charge in [-0.3, -0.25) is 4.79 Å². The molecule has 0 radical (unpaired) electrons. The lowest BCUT2D eigenvalue weighted by atomic mass is 10.3. The average Bonchev–Trinajstić information content (AvgIpc) is 2.67. The summed E-state index contributed by atoms with van der Waals surface area (Å²) in [6, 6.07) is 0. The molecule has 18 heavy (non-hydrogen) atoms. The number of carbonyl (C=O) groups excluding carboxylic acids is 1. The van der Waals surface area contributed by atoms with Gasteiger partial charge in [0.15, 0.2) is 5.75 Å². The van der Waals surface area contributed by atoms with Crippen LogP contribution in [0.2, 0.25) is 0 Å². The average molecular weight is 273 g/mol. The second-order valence-corrected chi connectivity index (χ2v) is 4.62. The van der Waals surface area contributed by atoms with Crippen molar-refractivity contribution in [2.24, 2.45) is 5.73 Å². The second-order valence-electron chi connectivity index (χ2n) is 3.62. The molecule has 4 N–H and O–H groups in total. The molecule has 0 aliphatic carbocycles. The van der Waals surface area contributed by atoms with Crippen molar-refractivity contribution in [1.29, 1.82) is 0 Å². The number of nitrogens with zero attached hydrogens (tertiary/aromatic N) is 1. The van der Waals surface area contributed by atoms with Gasteiger partial charge in [-0.15, -0.1) is 11.3 Å². The molecule has 102 valence electrons. The van der Waals surface area contributed by atoms with Crippen LogP contribution in [0.5, 0.6) is 5.75 Å². The van der Waals surface area contributed by atoms with Crippen LogP contribution in [-0.2, 0) is 4.74 Å². The van der Waals surface area contributed by atoms with Gasteiger partial charge in [-0.1, -0.05) is 0 Å². The molecule has 0 unspecified atom stereocenters. The maximum Gasteiger partial charge on any atom is 0.261 e. The van der Waals surface area contributed by atoms with Crippen molar-refractivity contribution in [3.63, 3.8) is 0 Å². The fraction of sp³-hybridized carbons (Fsp3) is 0.545. The number of anilines is 2. The third-order valence-electron chi connectivity index (χ3n) is 2.54. The fourth-order valence-electron chi connectivity index (χ4n) is 1.61. The lowest BCUT2D eigenvalue weighted by Crippen LogP contribution is -2.26. The molecule has 1 aromatic heterocycles. The van der Waals surface area contributed by atoms with E-state index in [0.717, 1.165) is 11.5 Å². The van der Waals surface area contributed by atoms with Gasteiger partial charge in [-0.05, 0) is 6.92 Å². The summed E-state index contributed by atoms with van der Waals surface area (Å²) in [5.74, 6) is -0.0309. The van der Waals surface area contributed by atoms with Crippen LogP contribution >= 0.6 is 11.3 Å². The van der Waals surface area contributed by atoms with Crippen LogP contribution in [0.15, 0.2) is 0 Å². The Morgan fingerprint density at radius 3 is 2.56 bits per heavy atom. The number of amides is 1. The Morgan fingerprint density at radius 1 is 1.44 bits per heavy atom. The predicted molar refractivity (Wildman–Crippen MR) is 73.6 cm³/mol. The minimum Gasteiger partial charge on any atom is -0.492 e. The number of ether oxygens (including phenoxy) is 2. The summed E-state index contributed by atoms with van der Waals surface area (Å²) < 4.78 is 10.3. The highest BCUT2D eigenvalue weighted by Gasteiger charge is 2.23. The summed E-state index contributed by atoms with van der Waals surface area (Å²) in [6.45, 7) is 4.05. The van der Waals surface area contributed by atoms with Crippen molar-refractivity contribution >= 4 is 27.9 Å². The summed E-state index contributed by atoms with van der Waals surface area (Å²) in [5.41, 5.74) is 11.5. The largest absolute Gasteiger partial charge is 0.492 e. The number of hydrogen-bond donors (Lipinski definition) is 2. The van der Waals surface area contributed by atoms with Crippen LogP contribution in [0.3, 0.4) is 0 Å². The minimum atomic E-state index is -0.537. The van der Waals surface area contributed by atoms with Crippen molar-refractivity contribution in [3.8, 4) is 5.75 Å². The van der Waals surface area contributed by atoms with Crippen molar-refractivity contribution in [3.05, 3.63) is 4.88 Å². The quantitative estimate of drug-likeness (QED) is 0.770. The predicted octanol–water partition coefficient (Wildman–Crippen LogP) is 0.911. The van der Waals surface area contributed by atoms with Crippen LogP contribution in [0.4, 0.5) is 10.7 Å². The Hall–Kier alpha value is -1.47. The Labute approximate surface area is 110 Å². The molecule has 0 bridgehead atoms. The maximum absolute atomic E-state index is 11.3. The van der Waals surface area contributed by atoms with Crippen LogP contribution in [0.1, 0.15) is 16.6 Å². The number of rotatable bonds is 7. The van der Waals surface area contributed by atoms with Crippen LogP contribution in [-0.4, -0.2) is 39.8 Å². The molecule has 1 heterocycles. The second kappa shape index (κ2) is 6.46. The Balaban J connectivity index is 3.12. The molecule has 0 saturated carbocycles. The number of nitrogens with two attached hydrogens (primary N) is 2. The first-order valence-corrected chi connectivity index (χ1v) is 6.38. The minimum absolute atomic E-state index is 0.306. The number of methoxy groups -OCH3 is 2. The summed E-state index contributed by atoms with van der Waals surface area (Å²) in [4.78, 5) is 13.7. The molecule has 0 aliphatic heterocycles. The van der Waals surface area contributed by atoms with E-state index in [1.165, 1.54) is 18.4 Å². The monoisotopic (exact) mass is 273 g/mol. The molecule has 1 amide bonds. The van der Waals surface area contributed by atoms with Gasteiger partial charge < -0.3 is 25.8 Å².